The Morgan fingerprint density at radius 2 is 2.06 bits per heavy atom. The van der Waals surface area contributed by atoms with Gasteiger partial charge in [0, 0.05) is 30.2 Å². The highest BCUT2D eigenvalue weighted by Gasteiger charge is 2.56. The number of carbonyl (C=O) groups excluding carboxylic acids is 2. The van der Waals surface area contributed by atoms with Gasteiger partial charge in [-0.2, -0.15) is 5.10 Å². The molecule has 8 rings (SSSR count). The monoisotopic (exact) mass is 462 g/mol. The molecule has 8 nitrogen and oxygen atoms in total. The summed E-state index contributed by atoms with van der Waals surface area (Å²) < 4.78 is 7.47. The van der Waals surface area contributed by atoms with Crippen LogP contribution in [0.2, 0.25) is 0 Å². The number of carbonyl (C=O) groups is 2. The molecule has 34 heavy (non-hydrogen) atoms. The molecule has 5 fully saturated rings. The van der Waals surface area contributed by atoms with E-state index in [1.54, 1.807) is 0 Å². The fraction of sp³-hybridized carbons (Fsp3) is 0.615. The number of nitrogens with zero attached hydrogens (tertiary/aromatic N) is 3. The second-order valence-electron chi connectivity index (χ2n) is 11.2. The summed E-state index contributed by atoms with van der Waals surface area (Å²) in [6, 6.07) is 0.118. The van der Waals surface area contributed by atoms with Crippen molar-refractivity contribution < 1.29 is 19.4 Å². The molecule has 3 unspecified atom stereocenters. The smallest absolute Gasteiger partial charge is 0.288 e. The summed E-state index contributed by atoms with van der Waals surface area (Å²) in [4.78, 5) is 30.1. The molecule has 8 heteroatoms. The molecule has 0 spiro atoms. The van der Waals surface area contributed by atoms with E-state index in [4.69, 9.17) is 9.84 Å². The van der Waals surface area contributed by atoms with Crippen molar-refractivity contribution in [3.63, 3.8) is 0 Å². The molecule has 1 amide bonds. The van der Waals surface area contributed by atoms with Crippen LogP contribution in [0.1, 0.15) is 61.5 Å². The van der Waals surface area contributed by atoms with Gasteiger partial charge < -0.3 is 15.2 Å². The molecule has 2 aromatic heterocycles. The molecule has 2 aromatic rings. The molecule has 178 valence electrons. The lowest BCUT2D eigenvalue weighted by Gasteiger charge is -2.58. The minimum atomic E-state index is -0.566. The van der Waals surface area contributed by atoms with Crippen molar-refractivity contribution in [2.75, 3.05) is 13.2 Å². The van der Waals surface area contributed by atoms with Gasteiger partial charge in [-0.3, -0.25) is 19.3 Å². The Bertz CT molecular complexity index is 1210. The first kappa shape index (κ1) is 20.8. The molecule has 3 heterocycles. The number of pyridine rings is 1. The van der Waals surface area contributed by atoms with Crippen LogP contribution in [0.15, 0.2) is 12.3 Å². The molecular formula is C26H30N4O4. The lowest BCUT2D eigenvalue weighted by Crippen LogP contribution is -2.55. The number of aliphatic hydroxyl groups is 1. The Labute approximate surface area is 197 Å². The van der Waals surface area contributed by atoms with E-state index in [2.05, 4.69) is 27.1 Å². The summed E-state index contributed by atoms with van der Waals surface area (Å²) in [5.41, 5.74) is 3.27. The van der Waals surface area contributed by atoms with Crippen molar-refractivity contribution >= 4 is 28.7 Å². The Kier molecular flexibility index (Phi) is 4.55. The van der Waals surface area contributed by atoms with Crippen molar-refractivity contribution in [2.24, 2.45) is 17.8 Å². The average molecular weight is 463 g/mol. The number of allylic oxidation sites excluding steroid dienone is 1. The first-order valence-electron chi connectivity index (χ1n) is 12.7. The number of hydrogen-bond donors (Lipinski definition) is 2. The SMILES string of the molecule is O=C(Cc1nn(C2[C@@H]3CC4C[C@H]2CC(O)(C4)C3)c2c3c(ncc12)CC=C3)C(=O)N[C@@H]1CCOC1. The van der Waals surface area contributed by atoms with Gasteiger partial charge in [0.15, 0.2) is 0 Å². The average Bonchev–Trinajstić information content (AvgIpc) is 3.52. The second-order valence-corrected chi connectivity index (χ2v) is 11.2. The van der Waals surface area contributed by atoms with Crippen LogP contribution in [-0.4, -0.2) is 56.4 Å². The van der Waals surface area contributed by atoms with Crippen molar-refractivity contribution in [3.8, 4) is 0 Å². The summed E-state index contributed by atoms with van der Waals surface area (Å²) in [5.74, 6) is 0.348. The van der Waals surface area contributed by atoms with Gasteiger partial charge in [0.25, 0.3) is 5.91 Å². The van der Waals surface area contributed by atoms with Crippen LogP contribution in [0.3, 0.4) is 0 Å². The van der Waals surface area contributed by atoms with Crippen molar-refractivity contribution in [1.82, 2.24) is 20.1 Å². The van der Waals surface area contributed by atoms with E-state index < -0.39 is 17.3 Å². The predicted octanol–water partition coefficient (Wildman–Crippen LogP) is 2.13. The van der Waals surface area contributed by atoms with Gasteiger partial charge in [-0.15, -0.1) is 0 Å². The molecule has 0 radical (unpaired) electrons. The number of hydrogen-bond acceptors (Lipinski definition) is 6. The van der Waals surface area contributed by atoms with Crippen molar-refractivity contribution in [1.29, 1.82) is 0 Å². The highest BCUT2D eigenvalue weighted by molar-refractivity contribution is 6.36. The Morgan fingerprint density at radius 3 is 2.79 bits per heavy atom. The van der Waals surface area contributed by atoms with Crippen LogP contribution in [0.25, 0.3) is 17.0 Å². The Balaban J connectivity index is 1.26. The molecule has 0 aromatic carbocycles. The van der Waals surface area contributed by atoms with Crippen LogP contribution in [0, 0.1) is 17.8 Å². The number of ketones is 1. The van der Waals surface area contributed by atoms with Gasteiger partial charge in [-0.1, -0.05) is 12.2 Å². The summed E-state index contributed by atoms with van der Waals surface area (Å²) in [6.45, 7) is 1.06. The number of amides is 1. The zero-order chi connectivity index (χ0) is 23.0. The summed E-state index contributed by atoms with van der Waals surface area (Å²) in [7, 11) is 0. The van der Waals surface area contributed by atoms with E-state index in [0.29, 0.717) is 36.7 Å². The second kappa shape index (κ2) is 7.46. The first-order chi connectivity index (χ1) is 16.5. The summed E-state index contributed by atoms with van der Waals surface area (Å²) >= 11 is 0. The number of fused-ring (bicyclic) bond motifs is 3. The third kappa shape index (κ3) is 3.18. The topological polar surface area (TPSA) is 106 Å². The third-order valence-electron chi connectivity index (χ3n) is 8.85. The molecular weight excluding hydrogens is 432 g/mol. The maximum Gasteiger partial charge on any atom is 0.288 e. The Hall–Kier alpha value is -2.58. The van der Waals surface area contributed by atoms with Gasteiger partial charge in [0.2, 0.25) is 5.78 Å². The highest BCUT2D eigenvalue weighted by atomic mass is 16.5. The summed E-state index contributed by atoms with van der Waals surface area (Å²) in [5, 5.41) is 19.8. The van der Waals surface area contributed by atoms with Crippen LogP contribution in [0.4, 0.5) is 0 Å². The zero-order valence-corrected chi connectivity index (χ0v) is 19.2. The molecule has 5 aliphatic carbocycles. The predicted molar refractivity (Wildman–Crippen MR) is 124 cm³/mol. The molecule has 6 aliphatic rings. The number of ether oxygens (including phenoxy) is 1. The molecule has 6 atom stereocenters. The molecule has 1 aliphatic heterocycles. The summed E-state index contributed by atoms with van der Waals surface area (Å²) in [6.07, 6.45) is 12.4. The van der Waals surface area contributed by atoms with E-state index in [1.165, 1.54) is 0 Å². The fourth-order valence-corrected chi connectivity index (χ4v) is 7.72. The van der Waals surface area contributed by atoms with Crippen molar-refractivity contribution in [3.05, 3.63) is 29.2 Å². The normalized spacial score (nSPS) is 35.3. The lowest BCUT2D eigenvalue weighted by atomic mass is 9.52. The molecule has 1 saturated heterocycles. The molecule has 2 N–H and O–H groups in total. The standard InChI is InChI=1S/C26H30N4O4/c31-22(25(32)28-17-4-5-34-13-17)8-21-19-12-27-20-3-1-2-18(20)24(19)30(29-21)23-15-6-14-7-16(23)11-26(33,9-14)10-15/h1-2,12,14-17,23,33H,3-11,13H2,(H,28,32)/t14?,15-,16+,17-,23?,26?/m1/s1. The van der Waals surface area contributed by atoms with Crippen LogP contribution < -0.4 is 5.32 Å². The lowest BCUT2D eigenvalue weighted by molar-refractivity contribution is -0.148. The quantitative estimate of drug-likeness (QED) is 0.660. The Morgan fingerprint density at radius 1 is 1.24 bits per heavy atom. The number of aromatic nitrogens is 3. The van der Waals surface area contributed by atoms with Gasteiger partial charge in [0.1, 0.15) is 0 Å². The number of Topliss-reactive ketones (excluding diaryl/α,β-unsaturated/α-hetero) is 1. The van der Waals surface area contributed by atoms with E-state index in [0.717, 1.165) is 67.1 Å². The third-order valence-corrected chi connectivity index (χ3v) is 8.85. The van der Waals surface area contributed by atoms with Gasteiger partial charge in [-0.25, -0.2) is 0 Å². The van der Waals surface area contributed by atoms with Crippen LogP contribution in [-0.2, 0) is 27.2 Å². The number of nitrogens with one attached hydrogen (secondary N) is 1. The van der Waals surface area contributed by atoms with Crippen LogP contribution >= 0.6 is 0 Å². The highest BCUT2D eigenvalue weighted by Crippen LogP contribution is 2.60. The maximum absolute atomic E-state index is 12.9. The van der Waals surface area contributed by atoms with Gasteiger partial charge >= 0.3 is 0 Å². The fourth-order valence-electron chi connectivity index (χ4n) is 7.72. The van der Waals surface area contributed by atoms with Crippen molar-refractivity contribution in [2.45, 2.75) is 69.1 Å². The zero-order valence-electron chi connectivity index (χ0n) is 19.2. The van der Waals surface area contributed by atoms with Gasteiger partial charge in [0.05, 0.1) is 47.6 Å². The van der Waals surface area contributed by atoms with E-state index in [9.17, 15) is 14.7 Å². The minimum Gasteiger partial charge on any atom is -0.390 e. The maximum atomic E-state index is 12.9. The van der Waals surface area contributed by atoms with E-state index in [1.807, 2.05) is 6.20 Å². The van der Waals surface area contributed by atoms with Gasteiger partial charge in [-0.05, 0) is 56.3 Å². The number of rotatable bonds is 5. The van der Waals surface area contributed by atoms with E-state index >= 15 is 0 Å². The largest absolute Gasteiger partial charge is 0.390 e. The minimum absolute atomic E-state index is 0.0400. The molecule has 4 saturated carbocycles. The van der Waals surface area contributed by atoms with Crippen LogP contribution in [0.5, 0.6) is 0 Å². The molecule has 4 bridgehead atoms. The van der Waals surface area contributed by atoms with E-state index in [-0.39, 0.29) is 18.5 Å². The first-order valence-corrected chi connectivity index (χ1v) is 12.7.